The summed E-state index contributed by atoms with van der Waals surface area (Å²) in [5.41, 5.74) is 0. The van der Waals surface area contributed by atoms with E-state index in [-0.39, 0.29) is 12.8 Å². The van der Waals surface area contributed by atoms with Gasteiger partial charge in [-0.05, 0) is 12.8 Å². The van der Waals surface area contributed by atoms with Crippen molar-refractivity contribution in [3.8, 4) is 0 Å². The van der Waals surface area contributed by atoms with Crippen molar-refractivity contribution in [1.29, 1.82) is 0 Å². The van der Waals surface area contributed by atoms with Crippen LogP contribution in [0.5, 0.6) is 0 Å². The number of nitrogens with zero attached hydrogens (tertiary/aromatic N) is 2. The summed E-state index contributed by atoms with van der Waals surface area (Å²) < 4.78 is 0. The fourth-order valence-corrected chi connectivity index (χ4v) is 2.82. The third-order valence-corrected chi connectivity index (χ3v) is 4.39. The maximum Gasteiger partial charge on any atom is 0.241 e. The maximum absolute atomic E-state index is 11.2. The SMILES string of the molecule is CCCCCC[C@H]([C@H](O)[C@H](O)[C@H](CCCCCC)[N+](=O)[O-])[N+](=O)[O-]. The smallest absolute Gasteiger partial charge is 0.241 e. The predicted molar refractivity (Wildman–Crippen MR) is 91.1 cm³/mol. The maximum atomic E-state index is 11.2. The second-order valence-corrected chi connectivity index (χ2v) is 6.39. The quantitative estimate of drug-likeness (QED) is 0.266. The van der Waals surface area contributed by atoms with Gasteiger partial charge in [-0.1, -0.05) is 52.4 Å². The standard InChI is InChI=1S/C16H32N2O6/c1-3-5-7-9-11-13(17(21)22)15(19)16(20)14(18(23)24)12-10-8-6-4-2/h13-16,19-20H,3-12H2,1-2H3/t13-,14+,15+,16-. The van der Waals surface area contributed by atoms with E-state index in [1.165, 1.54) is 0 Å². The van der Waals surface area contributed by atoms with Gasteiger partial charge in [-0.15, -0.1) is 0 Å². The van der Waals surface area contributed by atoms with Gasteiger partial charge in [-0.2, -0.15) is 0 Å². The fraction of sp³-hybridized carbons (Fsp3) is 1.00. The molecule has 0 aliphatic heterocycles. The summed E-state index contributed by atoms with van der Waals surface area (Å²) in [5.74, 6) is 0. The van der Waals surface area contributed by atoms with Crippen molar-refractivity contribution in [1.82, 2.24) is 0 Å². The Labute approximate surface area is 143 Å². The van der Waals surface area contributed by atoms with Crippen molar-refractivity contribution in [3.05, 3.63) is 20.2 Å². The first kappa shape index (κ1) is 22.7. The Bertz CT molecular complexity index is 332. The molecule has 0 aliphatic rings. The summed E-state index contributed by atoms with van der Waals surface area (Å²) in [7, 11) is 0. The number of unbranched alkanes of at least 4 members (excludes halogenated alkanes) is 6. The van der Waals surface area contributed by atoms with Gasteiger partial charge in [0.25, 0.3) is 0 Å². The number of aliphatic hydroxyl groups excluding tert-OH is 2. The van der Waals surface area contributed by atoms with Gasteiger partial charge in [0.1, 0.15) is 0 Å². The molecule has 0 unspecified atom stereocenters. The minimum atomic E-state index is -1.72. The van der Waals surface area contributed by atoms with Crippen LogP contribution in [0.4, 0.5) is 0 Å². The third kappa shape index (κ3) is 8.54. The van der Waals surface area contributed by atoms with Gasteiger partial charge < -0.3 is 10.2 Å². The number of nitro groups is 2. The number of hydrogen-bond donors (Lipinski definition) is 2. The molecule has 0 saturated carbocycles. The van der Waals surface area contributed by atoms with E-state index in [0.29, 0.717) is 12.8 Å². The van der Waals surface area contributed by atoms with Gasteiger partial charge in [0.2, 0.25) is 12.1 Å². The molecule has 0 aromatic rings. The molecule has 0 amide bonds. The molecule has 2 N–H and O–H groups in total. The topological polar surface area (TPSA) is 127 Å². The van der Waals surface area contributed by atoms with Crippen LogP contribution < -0.4 is 0 Å². The number of aliphatic hydroxyl groups is 2. The molecule has 0 bridgehead atoms. The molecule has 142 valence electrons. The van der Waals surface area contributed by atoms with Crippen LogP contribution in [0.1, 0.15) is 78.1 Å². The molecule has 0 spiro atoms. The summed E-state index contributed by atoms with van der Waals surface area (Å²) >= 11 is 0. The second-order valence-electron chi connectivity index (χ2n) is 6.39. The highest BCUT2D eigenvalue weighted by atomic mass is 16.6. The first-order valence-corrected chi connectivity index (χ1v) is 8.99. The minimum Gasteiger partial charge on any atom is -0.383 e. The molecule has 8 heteroatoms. The Morgan fingerprint density at radius 2 is 1.04 bits per heavy atom. The van der Waals surface area contributed by atoms with Crippen molar-refractivity contribution < 1.29 is 20.1 Å². The molecule has 8 nitrogen and oxygen atoms in total. The summed E-state index contributed by atoms with van der Waals surface area (Å²) in [6, 6.07) is -2.73. The van der Waals surface area contributed by atoms with Crippen LogP contribution in [-0.2, 0) is 0 Å². The van der Waals surface area contributed by atoms with E-state index in [4.69, 9.17) is 0 Å². The molecule has 0 radical (unpaired) electrons. The van der Waals surface area contributed by atoms with E-state index in [1.54, 1.807) is 0 Å². The highest BCUT2D eigenvalue weighted by Gasteiger charge is 2.43. The molecular weight excluding hydrogens is 316 g/mol. The van der Waals surface area contributed by atoms with Gasteiger partial charge >= 0.3 is 0 Å². The Kier molecular flexibility index (Phi) is 12.4. The van der Waals surface area contributed by atoms with Gasteiger partial charge in [-0.25, -0.2) is 0 Å². The zero-order valence-corrected chi connectivity index (χ0v) is 14.8. The van der Waals surface area contributed by atoms with Crippen LogP contribution in [-0.4, -0.2) is 44.4 Å². The predicted octanol–water partition coefficient (Wildman–Crippen LogP) is 2.94. The highest BCUT2D eigenvalue weighted by molar-refractivity contribution is 4.82. The van der Waals surface area contributed by atoms with Crippen molar-refractivity contribution in [2.45, 2.75) is 102 Å². The first-order valence-electron chi connectivity index (χ1n) is 8.99. The van der Waals surface area contributed by atoms with Crippen molar-refractivity contribution in [2.75, 3.05) is 0 Å². The molecule has 0 rings (SSSR count). The monoisotopic (exact) mass is 348 g/mol. The number of rotatable bonds is 15. The molecule has 0 aliphatic carbocycles. The normalized spacial score (nSPS) is 16.3. The Morgan fingerprint density at radius 1 is 0.708 bits per heavy atom. The van der Waals surface area contributed by atoms with Crippen LogP contribution in [0.15, 0.2) is 0 Å². The first-order chi connectivity index (χ1) is 11.4. The molecule has 4 atom stereocenters. The van der Waals surface area contributed by atoms with Crippen LogP contribution in [0.2, 0.25) is 0 Å². The minimum absolute atomic E-state index is 0.117. The Morgan fingerprint density at radius 3 is 1.29 bits per heavy atom. The molecular formula is C16H32N2O6. The fourth-order valence-electron chi connectivity index (χ4n) is 2.82. The summed E-state index contributed by atoms with van der Waals surface area (Å²) in [6.07, 6.45) is 3.37. The van der Waals surface area contributed by atoms with Gasteiger partial charge in [0.05, 0.1) is 0 Å². The van der Waals surface area contributed by atoms with E-state index < -0.39 is 34.1 Å². The highest BCUT2D eigenvalue weighted by Crippen LogP contribution is 2.19. The van der Waals surface area contributed by atoms with Crippen molar-refractivity contribution >= 4 is 0 Å². The van der Waals surface area contributed by atoms with Crippen molar-refractivity contribution in [2.24, 2.45) is 0 Å². The molecule has 0 heterocycles. The van der Waals surface area contributed by atoms with E-state index in [9.17, 15) is 30.4 Å². The summed E-state index contributed by atoms with van der Waals surface area (Å²) in [4.78, 5) is 21.1. The van der Waals surface area contributed by atoms with Gasteiger partial charge in [-0.3, -0.25) is 20.2 Å². The van der Waals surface area contributed by atoms with E-state index in [0.717, 1.165) is 38.5 Å². The summed E-state index contributed by atoms with van der Waals surface area (Å²) in [5, 5.41) is 42.6. The Hall–Kier alpha value is -1.28. The lowest BCUT2D eigenvalue weighted by molar-refractivity contribution is -0.559. The zero-order chi connectivity index (χ0) is 18.5. The van der Waals surface area contributed by atoms with Gasteiger partial charge in [0, 0.05) is 22.7 Å². The van der Waals surface area contributed by atoms with Crippen LogP contribution in [0.3, 0.4) is 0 Å². The average molecular weight is 348 g/mol. The van der Waals surface area contributed by atoms with Crippen LogP contribution in [0.25, 0.3) is 0 Å². The average Bonchev–Trinajstić information content (AvgIpc) is 2.53. The Balaban J connectivity index is 4.72. The lowest BCUT2D eigenvalue weighted by Crippen LogP contribution is -2.49. The molecule has 0 saturated heterocycles. The number of hydrogen-bond acceptors (Lipinski definition) is 6. The largest absolute Gasteiger partial charge is 0.383 e. The van der Waals surface area contributed by atoms with E-state index in [2.05, 4.69) is 0 Å². The molecule has 24 heavy (non-hydrogen) atoms. The second kappa shape index (κ2) is 13.1. The lowest BCUT2D eigenvalue weighted by atomic mass is 9.93. The van der Waals surface area contributed by atoms with Gasteiger partial charge in [0.15, 0.2) is 12.2 Å². The molecule has 0 aromatic heterocycles. The van der Waals surface area contributed by atoms with Crippen LogP contribution >= 0.6 is 0 Å². The molecule has 0 aromatic carbocycles. The molecule has 0 fully saturated rings. The van der Waals surface area contributed by atoms with E-state index >= 15 is 0 Å². The van der Waals surface area contributed by atoms with Crippen molar-refractivity contribution in [3.63, 3.8) is 0 Å². The van der Waals surface area contributed by atoms with Crippen LogP contribution in [0, 0.1) is 20.2 Å². The third-order valence-electron chi connectivity index (χ3n) is 4.39. The zero-order valence-electron chi connectivity index (χ0n) is 14.8. The van der Waals surface area contributed by atoms with E-state index in [1.807, 2.05) is 13.8 Å². The lowest BCUT2D eigenvalue weighted by Gasteiger charge is -2.23. The summed E-state index contributed by atoms with van der Waals surface area (Å²) in [6.45, 7) is 4.04.